The number of hydrogen-bond acceptors (Lipinski definition) is 8. The highest BCUT2D eigenvalue weighted by atomic mass is 32.1. The summed E-state index contributed by atoms with van der Waals surface area (Å²) in [6.07, 6.45) is 5.45. The van der Waals surface area contributed by atoms with Gasteiger partial charge in [0.15, 0.2) is 0 Å². The van der Waals surface area contributed by atoms with E-state index in [1.165, 1.54) is 48.6 Å². The van der Waals surface area contributed by atoms with Gasteiger partial charge in [-0.15, -0.1) is 11.3 Å². The second-order valence-electron chi connectivity index (χ2n) is 14.3. The van der Waals surface area contributed by atoms with Crippen molar-refractivity contribution in [1.82, 2.24) is 14.9 Å². The Labute approximate surface area is 300 Å². The summed E-state index contributed by atoms with van der Waals surface area (Å²) in [6.45, 7) is 10.2. The van der Waals surface area contributed by atoms with Crippen LogP contribution < -0.4 is 9.64 Å². The number of methoxy groups -OCH3 is 1. The van der Waals surface area contributed by atoms with E-state index in [0.29, 0.717) is 22.6 Å². The minimum atomic E-state index is -0.951. The number of esters is 1. The van der Waals surface area contributed by atoms with Crippen molar-refractivity contribution < 1.29 is 28.2 Å². The van der Waals surface area contributed by atoms with Gasteiger partial charge in [0.2, 0.25) is 0 Å². The molecule has 1 unspecified atom stereocenters. The van der Waals surface area contributed by atoms with E-state index in [1.807, 2.05) is 41.9 Å². The van der Waals surface area contributed by atoms with Gasteiger partial charge in [0.25, 0.3) is 0 Å². The lowest BCUT2D eigenvalue weighted by atomic mass is 9.73. The van der Waals surface area contributed by atoms with Crippen LogP contribution in [0.4, 0.5) is 14.5 Å². The van der Waals surface area contributed by atoms with Gasteiger partial charge in [0, 0.05) is 60.9 Å². The molecular formula is C40H42F2N4O4S. The van der Waals surface area contributed by atoms with Gasteiger partial charge in [-0.05, 0) is 96.1 Å². The summed E-state index contributed by atoms with van der Waals surface area (Å²) >= 11 is 1.53. The summed E-state index contributed by atoms with van der Waals surface area (Å²) in [7, 11) is 1.36. The summed E-state index contributed by atoms with van der Waals surface area (Å²) in [5.41, 5.74) is 5.52. The summed E-state index contributed by atoms with van der Waals surface area (Å²) in [4.78, 5) is 25.9. The zero-order valence-electron chi connectivity index (χ0n) is 29.3. The lowest BCUT2D eigenvalue weighted by molar-refractivity contribution is 0.0598. The fourth-order valence-electron chi connectivity index (χ4n) is 7.11. The van der Waals surface area contributed by atoms with Crippen molar-refractivity contribution in [2.45, 2.75) is 46.1 Å². The number of allylic oxidation sites excluding steroid dienone is 1. The highest BCUT2D eigenvalue weighted by Gasteiger charge is 2.31. The minimum absolute atomic E-state index is 0.0539. The number of benzene rings is 2. The Bertz CT molecular complexity index is 2090. The van der Waals surface area contributed by atoms with Crippen LogP contribution in [0, 0.1) is 17.0 Å². The first-order valence-corrected chi connectivity index (χ1v) is 18.1. The lowest BCUT2D eigenvalue weighted by Crippen LogP contribution is -2.47. The number of anilines is 1. The first kappa shape index (κ1) is 34.9. The number of pyridine rings is 1. The number of halogens is 2. The van der Waals surface area contributed by atoms with Gasteiger partial charge in [0.05, 0.1) is 25.0 Å². The van der Waals surface area contributed by atoms with Crippen molar-refractivity contribution in [3.05, 3.63) is 99.5 Å². The normalized spacial score (nSPS) is 17.2. The van der Waals surface area contributed by atoms with Crippen LogP contribution in [0.3, 0.4) is 0 Å². The van der Waals surface area contributed by atoms with E-state index in [-0.39, 0.29) is 16.5 Å². The number of ether oxygens (including phenoxy) is 2. The first-order valence-electron chi connectivity index (χ1n) is 17.3. The van der Waals surface area contributed by atoms with E-state index < -0.39 is 23.7 Å². The molecule has 1 aliphatic heterocycles. The fraction of sp³-hybridized carbons (Fsp3) is 0.350. The molecule has 0 spiro atoms. The van der Waals surface area contributed by atoms with E-state index >= 15 is 8.78 Å². The Morgan fingerprint density at radius 2 is 1.84 bits per heavy atom. The zero-order valence-corrected chi connectivity index (χ0v) is 30.1. The smallest absolute Gasteiger partial charge is 0.341 e. The summed E-state index contributed by atoms with van der Waals surface area (Å²) in [5, 5.41) is 12.6. The van der Waals surface area contributed by atoms with Gasteiger partial charge in [-0.25, -0.2) is 18.6 Å². The molecule has 1 saturated heterocycles. The molecule has 0 radical (unpaired) electrons. The highest BCUT2D eigenvalue weighted by Crippen LogP contribution is 2.46. The molecule has 1 aliphatic carbocycles. The fourth-order valence-corrected chi connectivity index (χ4v) is 8.10. The minimum Gasteiger partial charge on any atom is -0.465 e. The van der Waals surface area contributed by atoms with Crippen molar-refractivity contribution in [2.75, 3.05) is 44.7 Å². The molecule has 0 saturated carbocycles. The number of nitrogens with one attached hydrogen (secondary N) is 1. The number of thiophene rings is 1. The van der Waals surface area contributed by atoms with Crippen molar-refractivity contribution in [3.8, 4) is 22.6 Å². The molecule has 11 heteroatoms. The van der Waals surface area contributed by atoms with Crippen molar-refractivity contribution in [3.63, 3.8) is 0 Å². The number of aliphatic hydroxyl groups excluding tert-OH is 1. The van der Waals surface area contributed by atoms with Gasteiger partial charge < -0.3 is 24.5 Å². The number of H-pyrrole nitrogens is 1. The second kappa shape index (κ2) is 14.2. The van der Waals surface area contributed by atoms with Crippen molar-refractivity contribution >= 4 is 39.6 Å². The molecule has 5 aromatic rings. The SMILES string of the molecule is COC(=O)c1ccc(N2CCN(CC3=C(c4cc(-c5c(F)cc(C(C)O)cc5F)cs4)CC(C)(C)CC3)CC2)cc1Oc1cnc2[nH]ccc2c1. The molecule has 8 nitrogen and oxygen atoms in total. The van der Waals surface area contributed by atoms with Crippen LogP contribution in [0.25, 0.3) is 27.7 Å². The molecule has 1 atom stereocenters. The summed E-state index contributed by atoms with van der Waals surface area (Å²) in [6, 6.07) is 13.7. The predicted molar refractivity (Wildman–Crippen MR) is 197 cm³/mol. The third-order valence-corrected chi connectivity index (χ3v) is 11.0. The van der Waals surface area contributed by atoms with E-state index in [4.69, 9.17) is 9.47 Å². The molecule has 2 aromatic carbocycles. The predicted octanol–water partition coefficient (Wildman–Crippen LogP) is 8.99. The average Bonchev–Trinajstić information content (AvgIpc) is 3.79. The van der Waals surface area contributed by atoms with Crippen LogP contribution in [0.2, 0.25) is 0 Å². The number of aromatic amines is 1. The van der Waals surface area contributed by atoms with E-state index in [2.05, 4.69) is 33.6 Å². The van der Waals surface area contributed by atoms with Crippen LogP contribution >= 0.6 is 11.3 Å². The number of nitrogens with zero attached hydrogens (tertiary/aromatic N) is 3. The van der Waals surface area contributed by atoms with Gasteiger partial charge in [-0.2, -0.15) is 0 Å². The van der Waals surface area contributed by atoms with Crippen LogP contribution in [-0.4, -0.2) is 65.8 Å². The standard InChI is InChI=1S/C40H42F2N4O4S/c1-24(47)27-16-33(41)37(34(42)17-27)28-18-36(51-23-28)32-20-40(2,3)9-7-26(32)22-45-11-13-46(14-12-45)29-5-6-31(39(48)49-4)35(19-29)50-30-15-25-8-10-43-38(25)44-21-30/h5-6,8,10,15-19,21,23-24,47H,7,9,11-14,20,22H2,1-4H3,(H,43,44). The monoisotopic (exact) mass is 712 g/mol. The number of hydrogen-bond donors (Lipinski definition) is 2. The van der Waals surface area contributed by atoms with Crippen molar-refractivity contribution in [1.29, 1.82) is 0 Å². The molecular weight excluding hydrogens is 671 g/mol. The Morgan fingerprint density at radius 1 is 1.08 bits per heavy atom. The van der Waals surface area contributed by atoms with Gasteiger partial charge in [-0.3, -0.25) is 4.90 Å². The first-order chi connectivity index (χ1) is 24.5. The number of aliphatic hydroxyl groups is 1. The third-order valence-electron chi connectivity index (χ3n) is 10.0. The van der Waals surface area contributed by atoms with E-state index in [9.17, 15) is 9.90 Å². The van der Waals surface area contributed by atoms with Gasteiger partial charge in [-0.1, -0.05) is 19.4 Å². The molecule has 4 heterocycles. The number of fused-ring (bicyclic) bond motifs is 1. The molecule has 0 bridgehead atoms. The Kier molecular flexibility index (Phi) is 9.71. The van der Waals surface area contributed by atoms with E-state index in [1.54, 1.807) is 12.3 Å². The number of aromatic nitrogens is 2. The van der Waals surface area contributed by atoms with Crippen molar-refractivity contribution in [2.24, 2.45) is 5.41 Å². The summed E-state index contributed by atoms with van der Waals surface area (Å²) < 4.78 is 41.5. The number of carbonyl (C=O) groups is 1. The molecule has 2 N–H and O–H groups in total. The molecule has 7 rings (SSSR count). The molecule has 266 valence electrons. The maximum Gasteiger partial charge on any atom is 0.341 e. The Balaban J connectivity index is 1.08. The number of piperazine rings is 1. The lowest BCUT2D eigenvalue weighted by Gasteiger charge is -2.39. The van der Waals surface area contributed by atoms with Crippen LogP contribution in [0.15, 0.2) is 71.9 Å². The summed E-state index contributed by atoms with van der Waals surface area (Å²) in [5.74, 6) is -0.872. The van der Waals surface area contributed by atoms with Crippen LogP contribution in [0.1, 0.15) is 66.9 Å². The Hall–Kier alpha value is -4.58. The second-order valence-corrected chi connectivity index (χ2v) is 15.2. The number of rotatable bonds is 9. The topological polar surface area (TPSA) is 90.9 Å². The maximum atomic E-state index is 15.1. The molecule has 2 aliphatic rings. The molecule has 0 amide bonds. The molecule has 3 aromatic heterocycles. The maximum absolute atomic E-state index is 15.1. The van der Waals surface area contributed by atoms with Crippen LogP contribution in [-0.2, 0) is 4.74 Å². The quantitative estimate of drug-likeness (QED) is 0.148. The van der Waals surface area contributed by atoms with Gasteiger partial charge >= 0.3 is 5.97 Å². The largest absolute Gasteiger partial charge is 0.465 e. The third kappa shape index (κ3) is 7.42. The van der Waals surface area contributed by atoms with Gasteiger partial charge in [0.1, 0.15) is 34.3 Å². The number of carbonyl (C=O) groups excluding carboxylic acids is 1. The Morgan fingerprint density at radius 3 is 2.57 bits per heavy atom. The molecule has 51 heavy (non-hydrogen) atoms. The van der Waals surface area contributed by atoms with E-state index in [0.717, 1.165) is 73.6 Å². The zero-order chi connectivity index (χ0) is 35.9. The highest BCUT2D eigenvalue weighted by molar-refractivity contribution is 7.11. The molecule has 1 fully saturated rings. The average molecular weight is 713 g/mol. The van der Waals surface area contributed by atoms with Crippen LogP contribution in [0.5, 0.6) is 11.5 Å².